The van der Waals surface area contributed by atoms with Gasteiger partial charge in [0.1, 0.15) is 53.8 Å². The first-order chi connectivity index (χ1) is 22.1. The predicted molar refractivity (Wildman–Crippen MR) is 183 cm³/mol. The van der Waals surface area contributed by atoms with Crippen LogP contribution in [-0.2, 0) is 13.2 Å². The van der Waals surface area contributed by atoms with Gasteiger partial charge in [-0.25, -0.2) is 0 Å². The molecule has 0 unspecified atom stereocenters. The van der Waals surface area contributed by atoms with Gasteiger partial charge in [-0.15, -0.1) is 0 Å². The molecule has 6 rings (SSSR count). The van der Waals surface area contributed by atoms with Crippen LogP contribution in [0.5, 0.6) is 34.5 Å². The van der Waals surface area contributed by atoms with Crippen molar-refractivity contribution in [2.45, 2.75) is 31.7 Å². The maximum Gasteiger partial charge on any atom is 0.143 e. The SMILES string of the molecule is COc1cc(OC)c([C@H]2C[C@@H](c3ccc(OCc4ccccc4)cc3)Oc3cc(OCc4ccccc4)ccc32)c(OC)c1I. The van der Waals surface area contributed by atoms with Crippen LogP contribution in [0.3, 0.4) is 0 Å². The Balaban J connectivity index is 1.34. The monoisotopic (exact) mass is 714 g/mol. The maximum absolute atomic E-state index is 6.72. The predicted octanol–water partition coefficient (Wildman–Crippen LogP) is 9.13. The highest BCUT2D eigenvalue weighted by Crippen LogP contribution is 2.53. The average molecular weight is 715 g/mol. The zero-order chi connectivity index (χ0) is 31.2. The molecule has 0 aromatic heterocycles. The molecule has 5 aromatic rings. The van der Waals surface area contributed by atoms with Crippen LogP contribution < -0.4 is 28.4 Å². The molecule has 0 radical (unpaired) electrons. The first-order valence-electron chi connectivity index (χ1n) is 14.8. The van der Waals surface area contributed by atoms with Gasteiger partial charge in [-0.05, 0) is 63.9 Å². The second kappa shape index (κ2) is 14.2. The molecule has 45 heavy (non-hydrogen) atoms. The molecule has 230 valence electrons. The van der Waals surface area contributed by atoms with Gasteiger partial charge in [0.05, 0.1) is 24.9 Å². The molecule has 1 aliphatic rings. The fraction of sp³-hybridized carbons (Fsp3) is 0.211. The van der Waals surface area contributed by atoms with Crippen molar-refractivity contribution in [2.24, 2.45) is 0 Å². The highest BCUT2D eigenvalue weighted by atomic mass is 127. The van der Waals surface area contributed by atoms with E-state index in [0.29, 0.717) is 31.1 Å². The molecule has 0 saturated carbocycles. The van der Waals surface area contributed by atoms with Crippen LogP contribution in [0, 0.1) is 3.57 Å². The van der Waals surface area contributed by atoms with E-state index in [-0.39, 0.29) is 12.0 Å². The number of hydrogen-bond donors (Lipinski definition) is 0. The van der Waals surface area contributed by atoms with Gasteiger partial charge in [0.25, 0.3) is 0 Å². The van der Waals surface area contributed by atoms with Crippen LogP contribution >= 0.6 is 22.6 Å². The zero-order valence-corrected chi connectivity index (χ0v) is 27.7. The minimum Gasteiger partial charge on any atom is -0.496 e. The fourth-order valence-electron chi connectivity index (χ4n) is 5.72. The topological polar surface area (TPSA) is 55.4 Å². The van der Waals surface area contributed by atoms with Crippen molar-refractivity contribution in [3.8, 4) is 34.5 Å². The summed E-state index contributed by atoms with van der Waals surface area (Å²) >= 11 is 2.28. The van der Waals surface area contributed by atoms with Crippen molar-refractivity contribution in [3.05, 3.63) is 141 Å². The second-order valence-electron chi connectivity index (χ2n) is 10.8. The van der Waals surface area contributed by atoms with Gasteiger partial charge in [-0.3, -0.25) is 0 Å². The van der Waals surface area contributed by atoms with Gasteiger partial charge in [0.2, 0.25) is 0 Å². The molecule has 1 aliphatic heterocycles. The van der Waals surface area contributed by atoms with E-state index < -0.39 is 0 Å². The molecule has 0 fully saturated rings. The molecule has 5 aromatic carbocycles. The van der Waals surface area contributed by atoms with Gasteiger partial charge < -0.3 is 28.4 Å². The van der Waals surface area contributed by atoms with E-state index in [9.17, 15) is 0 Å². The van der Waals surface area contributed by atoms with Gasteiger partial charge in [0.15, 0.2) is 0 Å². The van der Waals surface area contributed by atoms with Crippen LogP contribution in [0.15, 0.2) is 109 Å². The summed E-state index contributed by atoms with van der Waals surface area (Å²) in [5.41, 5.74) is 5.27. The fourth-order valence-corrected chi connectivity index (χ4v) is 6.61. The highest BCUT2D eigenvalue weighted by molar-refractivity contribution is 14.1. The lowest BCUT2D eigenvalue weighted by atomic mass is 9.81. The molecule has 0 bridgehead atoms. The highest BCUT2D eigenvalue weighted by Gasteiger charge is 2.36. The Morgan fingerprint density at radius 3 is 1.87 bits per heavy atom. The smallest absolute Gasteiger partial charge is 0.143 e. The molecule has 2 atom stereocenters. The van der Waals surface area contributed by atoms with E-state index in [1.165, 1.54) is 0 Å². The number of rotatable bonds is 11. The Hall–Kier alpha value is -4.37. The average Bonchev–Trinajstić information content (AvgIpc) is 3.10. The third kappa shape index (κ3) is 6.83. The van der Waals surface area contributed by atoms with Crippen molar-refractivity contribution >= 4 is 22.6 Å². The summed E-state index contributed by atoms with van der Waals surface area (Å²) in [5.74, 6) is 4.37. The standard InChI is InChI=1S/C38H35IO6/c1-40-34-22-35(41-2)37(39)38(42-3)36(34)31-21-32(27-14-16-28(17-15-27)43-23-25-10-6-4-7-11-25)45-33-20-29(18-19-30(31)33)44-24-26-12-8-5-9-13-26/h4-20,22,31-32H,21,23-24H2,1-3H3/t31-,32-/m0/s1. The molecule has 0 saturated heterocycles. The van der Waals surface area contributed by atoms with E-state index in [1.54, 1.807) is 21.3 Å². The van der Waals surface area contributed by atoms with Crippen molar-refractivity contribution in [2.75, 3.05) is 21.3 Å². The van der Waals surface area contributed by atoms with Crippen molar-refractivity contribution in [1.29, 1.82) is 0 Å². The van der Waals surface area contributed by atoms with Crippen LogP contribution in [0.1, 0.15) is 46.3 Å². The Morgan fingerprint density at radius 2 is 1.27 bits per heavy atom. The molecule has 6 nitrogen and oxygen atoms in total. The van der Waals surface area contributed by atoms with Crippen molar-refractivity contribution < 1.29 is 28.4 Å². The summed E-state index contributed by atoms with van der Waals surface area (Å²) in [6.45, 7) is 0.978. The second-order valence-corrected chi connectivity index (χ2v) is 11.8. The number of ether oxygens (including phenoxy) is 6. The molecule has 7 heteroatoms. The van der Waals surface area contributed by atoms with Gasteiger partial charge in [0, 0.05) is 29.2 Å². The van der Waals surface area contributed by atoms with Gasteiger partial charge in [-0.2, -0.15) is 0 Å². The Kier molecular flexibility index (Phi) is 9.64. The Bertz CT molecular complexity index is 1720. The molecule has 0 aliphatic carbocycles. The minimum absolute atomic E-state index is 0.0831. The van der Waals surface area contributed by atoms with E-state index in [2.05, 4.69) is 65.1 Å². The lowest BCUT2D eigenvalue weighted by molar-refractivity contribution is 0.164. The van der Waals surface area contributed by atoms with E-state index in [1.807, 2.05) is 66.7 Å². The summed E-state index contributed by atoms with van der Waals surface area (Å²) in [5, 5.41) is 0. The quantitative estimate of drug-likeness (QED) is 0.127. The summed E-state index contributed by atoms with van der Waals surface area (Å²) in [6, 6.07) is 36.5. The normalized spacial score (nSPS) is 15.4. The lowest BCUT2D eigenvalue weighted by Crippen LogP contribution is -2.21. The number of hydrogen-bond acceptors (Lipinski definition) is 6. The molecule has 1 heterocycles. The van der Waals surface area contributed by atoms with Crippen LogP contribution in [0.2, 0.25) is 0 Å². The Labute approximate surface area is 278 Å². The summed E-state index contributed by atoms with van der Waals surface area (Å²) in [6.07, 6.45) is 0.445. The van der Waals surface area contributed by atoms with Gasteiger partial charge >= 0.3 is 0 Å². The number of methoxy groups -OCH3 is 3. The van der Waals surface area contributed by atoms with Crippen LogP contribution in [0.25, 0.3) is 0 Å². The maximum atomic E-state index is 6.72. The Morgan fingerprint density at radius 1 is 0.667 bits per heavy atom. The lowest BCUT2D eigenvalue weighted by Gasteiger charge is -2.34. The molecular formula is C38H35IO6. The van der Waals surface area contributed by atoms with E-state index in [4.69, 9.17) is 28.4 Å². The molecular weight excluding hydrogens is 679 g/mol. The van der Waals surface area contributed by atoms with E-state index >= 15 is 0 Å². The number of halogens is 1. The largest absolute Gasteiger partial charge is 0.496 e. The first kappa shape index (κ1) is 30.6. The van der Waals surface area contributed by atoms with Crippen molar-refractivity contribution in [1.82, 2.24) is 0 Å². The third-order valence-electron chi connectivity index (χ3n) is 8.01. The number of benzene rings is 5. The zero-order valence-electron chi connectivity index (χ0n) is 25.5. The third-order valence-corrected chi connectivity index (χ3v) is 9.03. The molecule has 0 N–H and O–H groups in total. The van der Waals surface area contributed by atoms with Crippen LogP contribution in [-0.4, -0.2) is 21.3 Å². The molecule has 0 amide bonds. The summed E-state index contributed by atoms with van der Waals surface area (Å²) in [7, 11) is 5.02. The van der Waals surface area contributed by atoms with Crippen molar-refractivity contribution in [3.63, 3.8) is 0 Å². The first-order valence-corrected chi connectivity index (χ1v) is 15.9. The summed E-state index contributed by atoms with van der Waals surface area (Å²) < 4.78 is 37.5. The van der Waals surface area contributed by atoms with Gasteiger partial charge in [-0.1, -0.05) is 78.9 Å². The summed E-state index contributed by atoms with van der Waals surface area (Å²) in [4.78, 5) is 0. The van der Waals surface area contributed by atoms with Crippen LogP contribution in [0.4, 0.5) is 0 Å². The molecule has 0 spiro atoms. The minimum atomic E-state index is -0.232. The number of fused-ring (bicyclic) bond motifs is 1. The van der Waals surface area contributed by atoms with E-state index in [0.717, 1.165) is 54.4 Å².